The van der Waals surface area contributed by atoms with Crippen LogP contribution in [0.2, 0.25) is 0 Å². The SMILES string of the molecule is C=CC(C)N1CCNC(C)(C)C1. The molecule has 70 valence electrons. The molecule has 1 fully saturated rings. The van der Waals surface area contributed by atoms with E-state index < -0.39 is 0 Å². The van der Waals surface area contributed by atoms with Gasteiger partial charge in [0.1, 0.15) is 0 Å². The fourth-order valence-corrected chi connectivity index (χ4v) is 1.68. The zero-order valence-corrected chi connectivity index (χ0v) is 8.43. The lowest BCUT2D eigenvalue weighted by Crippen LogP contribution is -2.58. The van der Waals surface area contributed by atoms with Gasteiger partial charge in [0.05, 0.1) is 0 Å². The molecule has 0 spiro atoms. The fraction of sp³-hybridized carbons (Fsp3) is 0.800. The maximum Gasteiger partial charge on any atom is 0.0252 e. The largest absolute Gasteiger partial charge is 0.309 e. The van der Waals surface area contributed by atoms with E-state index in [9.17, 15) is 0 Å². The molecule has 12 heavy (non-hydrogen) atoms. The van der Waals surface area contributed by atoms with Gasteiger partial charge in [-0.2, -0.15) is 0 Å². The molecule has 0 saturated carbocycles. The van der Waals surface area contributed by atoms with Crippen LogP contribution in [0.1, 0.15) is 20.8 Å². The minimum absolute atomic E-state index is 0.259. The fourth-order valence-electron chi connectivity index (χ4n) is 1.68. The summed E-state index contributed by atoms with van der Waals surface area (Å²) >= 11 is 0. The maximum absolute atomic E-state index is 3.82. The van der Waals surface area contributed by atoms with Crippen molar-refractivity contribution >= 4 is 0 Å². The molecule has 0 amide bonds. The van der Waals surface area contributed by atoms with Crippen LogP contribution in [0.3, 0.4) is 0 Å². The van der Waals surface area contributed by atoms with E-state index in [1.807, 2.05) is 6.08 Å². The van der Waals surface area contributed by atoms with E-state index in [1.54, 1.807) is 0 Å². The van der Waals surface area contributed by atoms with Crippen LogP contribution in [0.4, 0.5) is 0 Å². The first-order valence-corrected chi connectivity index (χ1v) is 4.67. The predicted molar refractivity (Wildman–Crippen MR) is 53.3 cm³/mol. The maximum atomic E-state index is 3.82. The lowest BCUT2D eigenvalue weighted by atomic mass is 10.0. The van der Waals surface area contributed by atoms with Gasteiger partial charge in [-0.3, -0.25) is 4.90 Å². The third-order valence-corrected chi connectivity index (χ3v) is 2.52. The van der Waals surface area contributed by atoms with Crippen molar-refractivity contribution in [2.45, 2.75) is 32.4 Å². The van der Waals surface area contributed by atoms with Crippen molar-refractivity contribution in [1.82, 2.24) is 10.2 Å². The molecular weight excluding hydrogens is 148 g/mol. The van der Waals surface area contributed by atoms with E-state index in [0.717, 1.165) is 19.6 Å². The summed E-state index contributed by atoms with van der Waals surface area (Å²) < 4.78 is 0. The Kier molecular flexibility index (Phi) is 2.91. The van der Waals surface area contributed by atoms with Crippen LogP contribution in [0.15, 0.2) is 12.7 Å². The topological polar surface area (TPSA) is 15.3 Å². The molecule has 2 heteroatoms. The van der Waals surface area contributed by atoms with E-state index in [2.05, 4.69) is 37.6 Å². The first kappa shape index (κ1) is 9.75. The molecule has 1 saturated heterocycles. The van der Waals surface area contributed by atoms with Crippen molar-refractivity contribution < 1.29 is 0 Å². The summed E-state index contributed by atoms with van der Waals surface area (Å²) in [6, 6.07) is 0.506. The molecule has 0 radical (unpaired) electrons. The van der Waals surface area contributed by atoms with E-state index in [4.69, 9.17) is 0 Å². The smallest absolute Gasteiger partial charge is 0.0252 e. The van der Waals surface area contributed by atoms with Gasteiger partial charge in [-0.25, -0.2) is 0 Å². The Morgan fingerprint density at radius 2 is 2.25 bits per heavy atom. The van der Waals surface area contributed by atoms with Crippen molar-refractivity contribution in [1.29, 1.82) is 0 Å². The second kappa shape index (κ2) is 3.58. The lowest BCUT2D eigenvalue weighted by Gasteiger charge is -2.41. The number of nitrogens with one attached hydrogen (secondary N) is 1. The third kappa shape index (κ3) is 2.32. The van der Waals surface area contributed by atoms with Gasteiger partial charge < -0.3 is 5.32 Å². The van der Waals surface area contributed by atoms with E-state index in [0.29, 0.717) is 6.04 Å². The number of nitrogens with zero attached hydrogens (tertiary/aromatic N) is 1. The number of piperazine rings is 1. The highest BCUT2D eigenvalue weighted by molar-refractivity contribution is 4.93. The molecular formula is C10H20N2. The summed E-state index contributed by atoms with van der Waals surface area (Å²) in [7, 11) is 0. The Morgan fingerprint density at radius 1 is 1.58 bits per heavy atom. The van der Waals surface area contributed by atoms with Crippen LogP contribution in [-0.2, 0) is 0 Å². The number of rotatable bonds is 2. The van der Waals surface area contributed by atoms with Crippen molar-refractivity contribution in [3.8, 4) is 0 Å². The average Bonchev–Trinajstić information content (AvgIpc) is 2.01. The highest BCUT2D eigenvalue weighted by Crippen LogP contribution is 2.12. The molecule has 0 aliphatic carbocycles. The molecule has 1 atom stereocenters. The molecule has 0 bridgehead atoms. The van der Waals surface area contributed by atoms with Crippen LogP contribution in [0, 0.1) is 0 Å². The second-order valence-corrected chi connectivity index (χ2v) is 4.26. The Labute approximate surface area is 75.6 Å². The van der Waals surface area contributed by atoms with Gasteiger partial charge in [-0.15, -0.1) is 6.58 Å². The Balaban J connectivity index is 2.51. The lowest BCUT2D eigenvalue weighted by molar-refractivity contribution is 0.135. The van der Waals surface area contributed by atoms with Gasteiger partial charge in [0.2, 0.25) is 0 Å². The summed E-state index contributed by atoms with van der Waals surface area (Å²) in [6.45, 7) is 13.8. The first-order valence-electron chi connectivity index (χ1n) is 4.67. The van der Waals surface area contributed by atoms with E-state index in [-0.39, 0.29) is 5.54 Å². The predicted octanol–water partition coefficient (Wildman–Crippen LogP) is 1.24. The van der Waals surface area contributed by atoms with Crippen LogP contribution >= 0.6 is 0 Å². The standard InChI is InChI=1S/C10H20N2/c1-5-9(2)12-7-6-11-10(3,4)8-12/h5,9,11H,1,6-8H2,2-4H3. The average molecular weight is 168 g/mol. The third-order valence-electron chi connectivity index (χ3n) is 2.52. The quantitative estimate of drug-likeness (QED) is 0.624. The van der Waals surface area contributed by atoms with Crippen LogP contribution in [0.5, 0.6) is 0 Å². The highest BCUT2D eigenvalue weighted by Gasteiger charge is 2.26. The molecule has 1 rings (SSSR count). The molecule has 1 aliphatic heterocycles. The van der Waals surface area contributed by atoms with E-state index in [1.165, 1.54) is 0 Å². The highest BCUT2D eigenvalue weighted by atomic mass is 15.2. The van der Waals surface area contributed by atoms with Crippen molar-refractivity contribution in [3.05, 3.63) is 12.7 Å². The van der Waals surface area contributed by atoms with Crippen molar-refractivity contribution in [2.75, 3.05) is 19.6 Å². The Morgan fingerprint density at radius 3 is 2.75 bits per heavy atom. The summed E-state index contributed by atoms with van der Waals surface area (Å²) in [5.74, 6) is 0. The molecule has 1 heterocycles. The Hall–Kier alpha value is -0.340. The van der Waals surface area contributed by atoms with Gasteiger partial charge in [0, 0.05) is 31.2 Å². The normalized spacial score (nSPS) is 26.6. The molecule has 1 aliphatic rings. The molecule has 0 aromatic carbocycles. The van der Waals surface area contributed by atoms with Gasteiger partial charge in [0.15, 0.2) is 0 Å². The van der Waals surface area contributed by atoms with Gasteiger partial charge in [0.25, 0.3) is 0 Å². The minimum atomic E-state index is 0.259. The first-order chi connectivity index (χ1) is 5.55. The zero-order chi connectivity index (χ0) is 9.19. The molecule has 0 aromatic rings. The van der Waals surface area contributed by atoms with Crippen molar-refractivity contribution in [2.24, 2.45) is 0 Å². The second-order valence-electron chi connectivity index (χ2n) is 4.26. The summed E-state index contributed by atoms with van der Waals surface area (Å²) in [6.07, 6.45) is 2.02. The zero-order valence-electron chi connectivity index (χ0n) is 8.43. The molecule has 0 aromatic heterocycles. The van der Waals surface area contributed by atoms with Crippen LogP contribution in [0.25, 0.3) is 0 Å². The van der Waals surface area contributed by atoms with E-state index >= 15 is 0 Å². The summed E-state index contributed by atoms with van der Waals surface area (Å²) in [4.78, 5) is 2.46. The summed E-state index contributed by atoms with van der Waals surface area (Å²) in [5, 5.41) is 3.49. The van der Waals surface area contributed by atoms with Gasteiger partial charge >= 0.3 is 0 Å². The minimum Gasteiger partial charge on any atom is -0.309 e. The monoisotopic (exact) mass is 168 g/mol. The molecule has 1 unspecified atom stereocenters. The number of hydrogen-bond acceptors (Lipinski definition) is 2. The van der Waals surface area contributed by atoms with Gasteiger partial charge in [-0.1, -0.05) is 6.08 Å². The van der Waals surface area contributed by atoms with Gasteiger partial charge in [-0.05, 0) is 20.8 Å². The van der Waals surface area contributed by atoms with Crippen LogP contribution in [-0.4, -0.2) is 36.1 Å². The number of hydrogen-bond donors (Lipinski definition) is 1. The summed E-state index contributed by atoms with van der Waals surface area (Å²) in [5.41, 5.74) is 0.259. The molecule has 1 N–H and O–H groups in total. The van der Waals surface area contributed by atoms with Crippen molar-refractivity contribution in [3.63, 3.8) is 0 Å². The Bertz CT molecular complexity index is 163. The van der Waals surface area contributed by atoms with Crippen LogP contribution < -0.4 is 5.32 Å². The molecule has 2 nitrogen and oxygen atoms in total.